The Morgan fingerprint density at radius 2 is 1.96 bits per heavy atom. The fraction of sp³-hybridized carbons (Fsp3) is 0.263. The molecule has 1 aromatic heterocycles. The van der Waals surface area contributed by atoms with Crippen LogP contribution in [0.15, 0.2) is 53.4 Å². The second-order valence-corrected chi connectivity index (χ2v) is 8.67. The third kappa shape index (κ3) is 2.97. The van der Waals surface area contributed by atoms with E-state index >= 15 is 0 Å². The van der Waals surface area contributed by atoms with E-state index in [1.807, 2.05) is 12.1 Å². The van der Waals surface area contributed by atoms with Crippen molar-refractivity contribution in [3.8, 4) is 0 Å². The Balaban J connectivity index is 1.64. The van der Waals surface area contributed by atoms with Crippen LogP contribution in [0.5, 0.6) is 0 Å². The maximum atomic E-state index is 12.7. The Morgan fingerprint density at radius 3 is 2.76 bits per heavy atom. The second kappa shape index (κ2) is 6.16. The van der Waals surface area contributed by atoms with Gasteiger partial charge in [0, 0.05) is 34.7 Å². The first-order valence-electron chi connectivity index (χ1n) is 8.29. The number of hydrogen-bond acceptors (Lipinski definition) is 2. The molecule has 0 saturated heterocycles. The molecule has 0 spiro atoms. The van der Waals surface area contributed by atoms with Crippen molar-refractivity contribution in [2.24, 2.45) is 7.05 Å². The number of hydrogen-bond donors (Lipinski definition) is 1. The topological polar surface area (TPSA) is 51.1 Å². The van der Waals surface area contributed by atoms with Crippen molar-refractivity contribution in [2.45, 2.75) is 30.2 Å². The van der Waals surface area contributed by atoms with Crippen LogP contribution >= 0.6 is 11.6 Å². The van der Waals surface area contributed by atoms with Gasteiger partial charge >= 0.3 is 0 Å². The van der Waals surface area contributed by atoms with Crippen LogP contribution in [0, 0.1) is 0 Å². The van der Waals surface area contributed by atoms with E-state index in [0.29, 0.717) is 11.4 Å². The standard InChI is InChI=1S/C19H19ClN2O2S/c1-22-18-8-3-2-7-16(18)17-12-14(9-10-19(17)22)21-25(23,24)15-6-4-5-13(20)11-15/h2-8,11,14,21H,9-10,12H2,1H3. The van der Waals surface area contributed by atoms with Gasteiger partial charge in [-0.05, 0) is 49.1 Å². The van der Waals surface area contributed by atoms with E-state index in [-0.39, 0.29) is 10.9 Å². The van der Waals surface area contributed by atoms with E-state index in [9.17, 15) is 8.42 Å². The smallest absolute Gasteiger partial charge is 0.240 e. The number of nitrogens with zero attached hydrogens (tertiary/aromatic N) is 1. The zero-order valence-corrected chi connectivity index (χ0v) is 15.4. The summed E-state index contributed by atoms with van der Waals surface area (Å²) in [7, 11) is -1.49. The molecule has 1 heterocycles. The van der Waals surface area contributed by atoms with Crippen LogP contribution in [0.1, 0.15) is 17.7 Å². The molecule has 0 bridgehead atoms. The molecule has 2 aromatic carbocycles. The molecule has 0 fully saturated rings. The summed E-state index contributed by atoms with van der Waals surface area (Å²) in [6, 6.07) is 14.6. The Bertz CT molecular complexity index is 1060. The third-order valence-corrected chi connectivity index (χ3v) is 6.71. The number of nitrogens with one attached hydrogen (secondary N) is 1. The minimum Gasteiger partial charge on any atom is -0.347 e. The monoisotopic (exact) mass is 374 g/mol. The Morgan fingerprint density at radius 1 is 1.16 bits per heavy atom. The minimum atomic E-state index is -3.57. The third-order valence-electron chi connectivity index (χ3n) is 4.95. The molecule has 1 aliphatic rings. The lowest BCUT2D eigenvalue weighted by molar-refractivity contribution is 0.501. The number of halogens is 1. The summed E-state index contributed by atoms with van der Waals surface area (Å²) in [5.41, 5.74) is 3.76. The molecule has 130 valence electrons. The number of rotatable bonds is 3. The zero-order chi connectivity index (χ0) is 17.6. The van der Waals surface area contributed by atoms with E-state index in [1.165, 1.54) is 28.2 Å². The predicted octanol–water partition coefficient (Wildman–Crippen LogP) is 3.67. The maximum absolute atomic E-state index is 12.7. The van der Waals surface area contributed by atoms with Crippen LogP contribution in [-0.4, -0.2) is 19.0 Å². The van der Waals surface area contributed by atoms with Gasteiger partial charge in [0.2, 0.25) is 10.0 Å². The first-order valence-corrected chi connectivity index (χ1v) is 10.1. The van der Waals surface area contributed by atoms with E-state index in [4.69, 9.17) is 11.6 Å². The highest BCUT2D eigenvalue weighted by atomic mass is 35.5. The average molecular weight is 375 g/mol. The van der Waals surface area contributed by atoms with E-state index < -0.39 is 10.0 Å². The molecule has 1 atom stereocenters. The zero-order valence-electron chi connectivity index (χ0n) is 13.9. The van der Waals surface area contributed by atoms with E-state index in [2.05, 4.69) is 28.5 Å². The summed E-state index contributed by atoms with van der Waals surface area (Å²) < 4.78 is 30.4. The van der Waals surface area contributed by atoms with Gasteiger partial charge in [-0.25, -0.2) is 13.1 Å². The Labute approximate surface area is 152 Å². The van der Waals surface area contributed by atoms with Crippen molar-refractivity contribution < 1.29 is 8.42 Å². The van der Waals surface area contributed by atoms with Crippen LogP contribution < -0.4 is 4.72 Å². The number of benzene rings is 2. The highest BCUT2D eigenvalue weighted by Crippen LogP contribution is 2.31. The summed E-state index contributed by atoms with van der Waals surface area (Å²) in [5.74, 6) is 0. The highest BCUT2D eigenvalue weighted by molar-refractivity contribution is 7.89. The van der Waals surface area contributed by atoms with Crippen molar-refractivity contribution in [3.63, 3.8) is 0 Å². The van der Waals surface area contributed by atoms with Crippen LogP contribution in [0.3, 0.4) is 0 Å². The maximum Gasteiger partial charge on any atom is 0.240 e. The van der Waals surface area contributed by atoms with Crippen molar-refractivity contribution in [3.05, 3.63) is 64.8 Å². The van der Waals surface area contributed by atoms with Gasteiger partial charge in [-0.3, -0.25) is 0 Å². The number of para-hydroxylation sites is 1. The van der Waals surface area contributed by atoms with Gasteiger partial charge in [0.1, 0.15) is 0 Å². The summed E-state index contributed by atoms with van der Waals surface area (Å²) in [5, 5.41) is 1.63. The number of aromatic nitrogens is 1. The van der Waals surface area contributed by atoms with Gasteiger partial charge in [0.05, 0.1) is 4.90 Å². The van der Waals surface area contributed by atoms with Gasteiger partial charge in [-0.15, -0.1) is 0 Å². The Kier molecular flexibility index (Phi) is 4.10. The van der Waals surface area contributed by atoms with Crippen LogP contribution in [-0.2, 0) is 29.9 Å². The largest absolute Gasteiger partial charge is 0.347 e. The summed E-state index contributed by atoms with van der Waals surface area (Å²) in [6.07, 6.45) is 2.36. The molecule has 0 saturated carbocycles. The van der Waals surface area contributed by atoms with Crippen molar-refractivity contribution in [1.82, 2.24) is 9.29 Å². The van der Waals surface area contributed by atoms with Crippen molar-refractivity contribution >= 4 is 32.5 Å². The molecule has 0 aliphatic heterocycles. The summed E-state index contributed by atoms with van der Waals surface area (Å²) in [6.45, 7) is 0. The molecule has 0 radical (unpaired) electrons. The van der Waals surface area contributed by atoms with Crippen LogP contribution in [0.25, 0.3) is 10.9 Å². The van der Waals surface area contributed by atoms with Gasteiger partial charge in [-0.2, -0.15) is 0 Å². The molecular formula is C19H19ClN2O2S. The van der Waals surface area contributed by atoms with Gasteiger partial charge in [0.25, 0.3) is 0 Å². The van der Waals surface area contributed by atoms with Gasteiger partial charge in [0.15, 0.2) is 0 Å². The molecule has 1 unspecified atom stereocenters. The Hall–Kier alpha value is -1.82. The SMILES string of the molecule is Cn1c2c(c3ccccc31)CC(NS(=O)(=O)c1cccc(Cl)c1)CC2. The first kappa shape index (κ1) is 16.6. The molecule has 3 aromatic rings. The molecule has 1 aliphatic carbocycles. The number of fused-ring (bicyclic) bond motifs is 3. The fourth-order valence-electron chi connectivity index (χ4n) is 3.75. The summed E-state index contributed by atoms with van der Waals surface area (Å²) in [4.78, 5) is 0.212. The van der Waals surface area contributed by atoms with Crippen molar-refractivity contribution in [2.75, 3.05) is 0 Å². The normalized spacial score (nSPS) is 17.6. The molecule has 6 heteroatoms. The predicted molar refractivity (Wildman–Crippen MR) is 101 cm³/mol. The molecule has 4 rings (SSSR count). The van der Waals surface area contributed by atoms with Crippen LogP contribution in [0.2, 0.25) is 5.02 Å². The number of sulfonamides is 1. The summed E-state index contributed by atoms with van der Waals surface area (Å²) >= 11 is 5.93. The quantitative estimate of drug-likeness (QED) is 0.760. The molecule has 4 nitrogen and oxygen atoms in total. The fourth-order valence-corrected chi connectivity index (χ4v) is 5.32. The lowest BCUT2D eigenvalue weighted by Gasteiger charge is -2.24. The van der Waals surface area contributed by atoms with Crippen molar-refractivity contribution in [1.29, 1.82) is 0 Å². The number of aryl methyl sites for hydroxylation is 1. The molecule has 25 heavy (non-hydrogen) atoms. The molecular weight excluding hydrogens is 356 g/mol. The molecule has 0 amide bonds. The second-order valence-electron chi connectivity index (χ2n) is 6.52. The van der Waals surface area contributed by atoms with E-state index in [1.54, 1.807) is 18.2 Å². The lowest BCUT2D eigenvalue weighted by atomic mass is 9.92. The lowest BCUT2D eigenvalue weighted by Crippen LogP contribution is -2.38. The van der Waals surface area contributed by atoms with Gasteiger partial charge in [-0.1, -0.05) is 35.9 Å². The molecule has 1 N–H and O–H groups in total. The first-order chi connectivity index (χ1) is 12.0. The van der Waals surface area contributed by atoms with E-state index in [0.717, 1.165) is 12.8 Å². The highest BCUT2D eigenvalue weighted by Gasteiger charge is 2.27. The average Bonchev–Trinajstić information content (AvgIpc) is 2.87. The van der Waals surface area contributed by atoms with Gasteiger partial charge < -0.3 is 4.57 Å². The van der Waals surface area contributed by atoms with Crippen LogP contribution in [0.4, 0.5) is 0 Å². The minimum absolute atomic E-state index is 0.109.